The van der Waals surface area contributed by atoms with E-state index >= 15 is 0 Å². The number of halogens is 1. The number of sulfonamides is 1. The van der Waals surface area contributed by atoms with Crippen molar-refractivity contribution in [2.45, 2.75) is 23.3 Å². The fourth-order valence-electron chi connectivity index (χ4n) is 2.84. The van der Waals surface area contributed by atoms with E-state index < -0.39 is 10.0 Å². The molecular formula is C16H26ClN3O4S. The van der Waals surface area contributed by atoms with Crippen molar-refractivity contribution >= 4 is 28.3 Å². The van der Waals surface area contributed by atoms with Crippen LogP contribution in [0.15, 0.2) is 29.2 Å². The van der Waals surface area contributed by atoms with Crippen LogP contribution in [0.4, 0.5) is 0 Å². The topological polar surface area (TPSA) is 87.7 Å². The summed E-state index contributed by atoms with van der Waals surface area (Å²) in [4.78, 5) is 13.5. The van der Waals surface area contributed by atoms with Gasteiger partial charge in [0.2, 0.25) is 10.0 Å². The van der Waals surface area contributed by atoms with Crippen LogP contribution in [0, 0.1) is 0 Å². The van der Waals surface area contributed by atoms with E-state index in [0.29, 0.717) is 12.2 Å². The molecule has 1 aromatic rings. The Hall–Kier alpha value is -1.19. The standard InChI is InChI=1S/C16H25N3O4S.ClH/c1-19(2)15(20)13-6-4-7-14(10-13)24(21,22)18-11-16(12-23-3)8-5-9-17-16;/h4,6-7,10,17-18H,5,8-9,11-12H2,1-3H3;1H. The Balaban J connectivity index is 0.00000312. The summed E-state index contributed by atoms with van der Waals surface area (Å²) in [5, 5.41) is 3.33. The van der Waals surface area contributed by atoms with Crippen LogP contribution in [-0.2, 0) is 14.8 Å². The molecule has 1 unspecified atom stereocenters. The lowest BCUT2D eigenvalue weighted by Gasteiger charge is -2.28. The van der Waals surface area contributed by atoms with E-state index in [1.807, 2.05) is 0 Å². The largest absolute Gasteiger partial charge is 0.383 e. The van der Waals surface area contributed by atoms with Crippen molar-refractivity contribution in [1.82, 2.24) is 14.9 Å². The molecule has 9 heteroatoms. The molecule has 0 spiro atoms. The minimum Gasteiger partial charge on any atom is -0.383 e. The Bertz CT molecular complexity index is 688. The second kappa shape index (κ2) is 8.95. The zero-order valence-corrected chi connectivity index (χ0v) is 16.4. The summed E-state index contributed by atoms with van der Waals surface area (Å²) >= 11 is 0. The Morgan fingerprint density at radius 1 is 1.40 bits per heavy atom. The van der Waals surface area contributed by atoms with Gasteiger partial charge in [-0.3, -0.25) is 4.79 Å². The lowest BCUT2D eigenvalue weighted by Crippen LogP contribution is -2.52. The van der Waals surface area contributed by atoms with Gasteiger partial charge in [0.1, 0.15) is 0 Å². The molecule has 1 aliphatic heterocycles. The number of benzene rings is 1. The summed E-state index contributed by atoms with van der Waals surface area (Å²) in [7, 11) is 1.16. The second-order valence-electron chi connectivity index (χ2n) is 6.30. The van der Waals surface area contributed by atoms with Gasteiger partial charge >= 0.3 is 0 Å². The van der Waals surface area contributed by atoms with E-state index in [1.165, 1.54) is 17.0 Å². The van der Waals surface area contributed by atoms with Crippen LogP contribution < -0.4 is 10.0 Å². The molecule has 0 bridgehead atoms. The molecule has 0 saturated carbocycles. The van der Waals surface area contributed by atoms with Gasteiger partial charge in [0.05, 0.1) is 17.0 Å². The van der Waals surface area contributed by atoms with E-state index in [2.05, 4.69) is 10.0 Å². The molecule has 7 nitrogen and oxygen atoms in total. The highest BCUT2D eigenvalue weighted by atomic mass is 35.5. The van der Waals surface area contributed by atoms with E-state index in [4.69, 9.17) is 4.74 Å². The summed E-state index contributed by atoms with van der Waals surface area (Å²) in [5.74, 6) is -0.236. The van der Waals surface area contributed by atoms with E-state index in [-0.39, 0.29) is 35.3 Å². The molecule has 25 heavy (non-hydrogen) atoms. The number of carbonyl (C=O) groups excluding carboxylic acids is 1. The molecule has 0 radical (unpaired) electrons. The van der Waals surface area contributed by atoms with Gasteiger partial charge < -0.3 is 15.0 Å². The van der Waals surface area contributed by atoms with Crippen LogP contribution in [0.2, 0.25) is 0 Å². The summed E-state index contributed by atoms with van der Waals surface area (Å²) in [6, 6.07) is 6.06. The Morgan fingerprint density at radius 3 is 2.68 bits per heavy atom. The van der Waals surface area contributed by atoms with Crippen LogP contribution in [0.25, 0.3) is 0 Å². The third-order valence-electron chi connectivity index (χ3n) is 4.15. The molecule has 0 aromatic heterocycles. The third kappa shape index (κ3) is 5.39. The maximum Gasteiger partial charge on any atom is 0.253 e. The van der Waals surface area contributed by atoms with Gasteiger partial charge in [0.15, 0.2) is 0 Å². The predicted molar refractivity (Wildman–Crippen MR) is 98.7 cm³/mol. The lowest BCUT2D eigenvalue weighted by molar-refractivity contribution is 0.0827. The van der Waals surface area contributed by atoms with Crippen LogP contribution in [0.3, 0.4) is 0 Å². The van der Waals surface area contributed by atoms with Gasteiger partial charge in [-0.05, 0) is 37.6 Å². The van der Waals surface area contributed by atoms with Gasteiger partial charge in [-0.1, -0.05) is 6.07 Å². The van der Waals surface area contributed by atoms with Crippen molar-refractivity contribution in [2.24, 2.45) is 0 Å². The van der Waals surface area contributed by atoms with Crippen molar-refractivity contribution in [3.63, 3.8) is 0 Å². The Kier molecular flexibility index (Phi) is 7.83. The van der Waals surface area contributed by atoms with Crippen molar-refractivity contribution in [1.29, 1.82) is 0 Å². The highest BCUT2D eigenvalue weighted by Crippen LogP contribution is 2.20. The molecule has 1 heterocycles. The number of methoxy groups -OCH3 is 1. The minimum atomic E-state index is -3.70. The van der Waals surface area contributed by atoms with Crippen molar-refractivity contribution < 1.29 is 17.9 Å². The monoisotopic (exact) mass is 391 g/mol. The fraction of sp³-hybridized carbons (Fsp3) is 0.562. The minimum absolute atomic E-state index is 0. The fourth-order valence-corrected chi connectivity index (χ4v) is 4.01. The first-order valence-corrected chi connectivity index (χ1v) is 9.33. The number of rotatable bonds is 7. The quantitative estimate of drug-likeness (QED) is 0.719. The van der Waals surface area contributed by atoms with Crippen molar-refractivity contribution in [2.75, 3.05) is 40.9 Å². The Labute approximate surface area is 155 Å². The number of amides is 1. The average Bonchev–Trinajstić information content (AvgIpc) is 3.02. The molecule has 1 amide bonds. The number of ether oxygens (including phenoxy) is 1. The molecule has 1 saturated heterocycles. The number of nitrogens with zero attached hydrogens (tertiary/aromatic N) is 1. The molecular weight excluding hydrogens is 366 g/mol. The van der Waals surface area contributed by atoms with Gasteiger partial charge in [0, 0.05) is 33.3 Å². The first-order chi connectivity index (χ1) is 11.3. The van der Waals surface area contributed by atoms with Crippen LogP contribution in [-0.4, -0.2) is 65.7 Å². The summed E-state index contributed by atoms with van der Waals surface area (Å²) in [5.41, 5.74) is -0.0349. The van der Waals surface area contributed by atoms with E-state index in [1.54, 1.807) is 33.3 Å². The number of hydrogen-bond donors (Lipinski definition) is 2. The zero-order chi connectivity index (χ0) is 17.8. The molecule has 2 N–H and O–H groups in total. The zero-order valence-electron chi connectivity index (χ0n) is 14.7. The van der Waals surface area contributed by atoms with E-state index in [9.17, 15) is 13.2 Å². The third-order valence-corrected chi connectivity index (χ3v) is 5.55. The van der Waals surface area contributed by atoms with Crippen molar-refractivity contribution in [3.8, 4) is 0 Å². The summed E-state index contributed by atoms with van der Waals surface area (Å²) in [6.45, 7) is 1.53. The molecule has 1 fully saturated rings. The molecule has 1 aromatic carbocycles. The maximum atomic E-state index is 12.6. The maximum absolute atomic E-state index is 12.6. The van der Waals surface area contributed by atoms with Crippen molar-refractivity contribution in [3.05, 3.63) is 29.8 Å². The predicted octanol–water partition coefficient (Wildman–Crippen LogP) is 0.857. The van der Waals surface area contributed by atoms with Crippen LogP contribution in [0.5, 0.6) is 0 Å². The average molecular weight is 392 g/mol. The molecule has 0 aliphatic carbocycles. The van der Waals surface area contributed by atoms with Gasteiger partial charge in [-0.2, -0.15) is 0 Å². The number of nitrogens with one attached hydrogen (secondary N) is 2. The summed E-state index contributed by atoms with van der Waals surface area (Å²) in [6.07, 6.45) is 1.83. The summed E-state index contributed by atoms with van der Waals surface area (Å²) < 4.78 is 33.0. The smallest absolute Gasteiger partial charge is 0.253 e. The molecule has 142 valence electrons. The SMILES string of the molecule is COCC1(CNS(=O)(=O)c2cccc(C(=O)N(C)C)c2)CCCN1.Cl. The first kappa shape index (κ1) is 21.9. The molecule has 1 atom stereocenters. The highest BCUT2D eigenvalue weighted by molar-refractivity contribution is 7.89. The highest BCUT2D eigenvalue weighted by Gasteiger charge is 2.34. The molecule has 1 aliphatic rings. The van der Waals surface area contributed by atoms with Gasteiger partial charge in [0.25, 0.3) is 5.91 Å². The van der Waals surface area contributed by atoms with Crippen LogP contribution >= 0.6 is 12.4 Å². The van der Waals surface area contributed by atoms with Gasteiger partial charge in [-0.25, -0.2) is 13.1 Å². The number of carbonyl (C=O) groups is 1. The second-order valence-corrected chi connectivity index (χ2v) is 8.06. The lowest BCUT2D eigenvalue weighted by atomic mass is 9.99. The number of hydrogen-bond acceptors (Lipinski definition) is 5. The molecule has 2 rings (SSSR count). The Morgan fingerprint density at radius 2 is 2.12 bits per heavy atom. The first-order valence-electron chi connectivity index (χ1n) is 7.85. The van der Waals surface area contributed by atoms with Crippen LogP contribution in [0.1, 0.15) is 23.2 Å². The normalized spacial score (nSPS) is 20.1. The van der Waals surface area contributed by atoms with E-state index in [0.717, 1.165) is 19.4 Å². The van der Waals surface area contributed by atoms with Gasteiger partial charge in [-0.15, -0.1) is 12.4 Å².